The van der Waals surface area contributed by atoms with Crippen LogP contribution in [0.2, 0.25) is 0 Å². The zero-order valence-corrected chi connectivity index (χ0v) is 49.6. The van der Waals surface area contributed by atoms with Crippen LogP contribution in [0.3, 0.4) is 0 Å². The Hall–Kier alpha value is -3.87. The van der Waals surface area contributed by atoms with Crippen molar-refractivity contribution in [3.05, 3.63) is 111 Å². The van der Waals surface area contributed by atoms with E-state index >= 15 is 0 Å². The van der Waals surface area contributed by atoms with Gasteiger partial charge in [-0.05, 0) is 136 Å². The second kappa shape index (κ2) is 25.1. The number of hydrogen-bond donors (Lipinski definition) is 1. The number of anilines is 5. The molecule has 8 aromatic rings. The van der Waals surface area contributed by atoms with Crippen LogP contribution in [0.4, 0.5) is 39.4 Å². The van der Waals surface area contributed by atoms with Gasteiger partial charge in [-0.25, -0.2) is 35.2 Å². The maximum atomic E-state index is 12.9. The predicted octanol–water partition coefficient (Wildman–Crippen LogP) is -1.99. The van der Waals surface area contributed by atoms with Gasteiger partial charge < -0.3 is 24.2 Å². The van der Waals surface area contributed by atoms with Crippen molar-refractivity contribution in [1.29, 1.82) is 5.26 Å². The molecule has 0 aliphatic heterocycles. The molecular formula is C47H41Li4N9O12S6. The number of nitriles is 1. The van der Waals surface area contributed by atoms with Crippen molar-refractivity contribution in [1.82, 2.24) is 19.7 Å². The zero-order chi connectivity index (χ0) is 54.1. The van der Waals surface area contributed by atoms with Crippen LogP contribution in [0.5, 0.6) is 0 Å². The van der Waals surface area contributed by atoms with Crippen LogP contribution in [-0.4, -0.2) is 58.7 Å². The van der Waals surface area contributed by atoms with Gasteiger partial charge in [-0.3, -0.25) is 9.94 Å². The van der Waals surface area contributed by atoms with E-state index in [4.69, 9.17) is 25.3 Å². The van der Waals surface area contributed by atoms with Crippen LogP contribution < -0.4 is 90.9 Å². The summed E-state index contributed by atoms with van der Waals surface area (Å²) in [5.41, 5.74) is 3.34. The number of nitrogens with one attached hydrogen (secondary N) is 1. The SMILES string of the molecule is Cc1cc(N(c2nc3ccc(S(=O)(=O)[O-])cc3s2)c2c(C)cc(C)c(S(=O)(=O)[O-])c2C)cc(Nc2c(C)cc(C)c(S(=O)(=O)[O-])c2C)c1N=Nc1c(C#N)c(C(C)(C)C)nn1-c1nc2ccc(SOO[O-])cc2s1.[Li+].[Li+].[Li+].[Li+]. The third-order valence-electron chi connectivity index (χ3n) is 11.7. The topological polar surface area (TPSA) is 321 Å². The molecule has 3 heterocycles. The van der Waals surface area contributed by atoms with Crippen molar-refractivity contribution in [2.75, 3.05) is 10.2 Å². The van der Waals surface area contributed by atoms with Crippen molar-refractivity contribution in [2.24, 2.45) is 10.2 Å². The van der Waals surface area contributed by atoms with Gasteiger partial charge >= 0.3 is 75.4 Å². The minimum absolute atomic E-state index is 0. The molecule has 0 aliphatic rings. The minimum Gasteiger partial charge on any atom is -0.744 e. The number of aromatic nitrogens is 4. The predicted molar refractivity (Wildman–Crippen MR) is 273 cm³/mol. The zero-order valence-electron chi connectivity index (χ0n) is 44.7. The first-order valence-corrected chi connectivity index (χ1v) is 28.3. The van der Waals surface area contributed by atoms with Gasteiger partial charge in [-0.1, -0.05) is 55.6 Å². The van der Waals surface area contributed by atoms with E-state index in [1.54, 1.807) is 56.0 Å². The van der Waals surface area contributed by atoms with Crippen LogP contribution in [0, 0.1) is 59.8 Å². The standard InChI is InChI=1S/C47H45N9O12S6.4Li/c1-22-15-25(4)41(73(61,62)63)27(6)38(22)49-35-18-29(55(40-24(3)16-26(5)42(28(40)7)74(64,65)66)45-50-34-14-12-31(72(58,59)60)20-37(34)69-45)17-23(2)39(35)52-53-44-32(21-48)43(47(8,9)10)54-56(44)46-51-33-13-11-30(71-68-67-57)19-36(33)70-46;;;;/h11-20,49,57H,1-10H3,(H,58,59,60)(H,61,62,63)(H,64,65,66);;;;/q;4*+1/p-4. The maximum Gasteiger partial charge on any atom is 1.00 e. The van der Waals surface area contributed by atoms with E-state index in [0.717, 1.165) is 17.4 Å². The molecule has 0 atom stereocenters. The fraction of sp³-hybridized carbons (Fsp3) is 0.234. The van der Waals surface area contributed by atoms with Gasteiger partial charge in [-0.2, -0.15) is 19.4 Å². The van der Waals surface area contributed by atoms with Crippen molar-refractivity contribution in [3.8, 4) is 11.2 Å². The van der Waals surface area contributed by atoms with Crippen LogP contribution >= 0.6 is 34.7 Å². The van der Waals surface area contributed by atoms with E-state index in [0.29, 0.717) is 54.7 Å². The second-order valence-corrected chi connectivity index (χ2v) is 24.9. The third kappa shape index (κ3) is 13.4. The molecule has 8 rings (SSSR count). The van der Waals surface area contributed by atoms with Crippen LogP contribution in [0.1, 0.15) is 71.0 Å². The number of azo groups is 1. The molecule has 0 fully saturated rings. The van der Waals surface area contributed by atoms with Crippen molar-refractivity contribution < 1.29 is 129 Å². The van der Waals surface area contributed by atoms with E-state index in [1.807, 2.05) is 20.8 Å². The summed E-state index contributed by atoms with van der Waals surface area (Å²) in [7, 11) is -15.0. The molecule has 78 heavy (non-hydrogen) atoms. The first-order chi connectivity index (χ1) is 34.5. The van der Waals surface area contributed by atoms with Crippen LogP contribution in [0.15, 0.2) is 90.5 Å². The Morgan fingerprint density at radius 3 is 1.90 bits per heavy atom. The summed E-state index contributed by atoms with van der Waals surface area (Å²) in [6, 6.07) is 17.2. The largest absolute Gasteiger partial charge is 1.00 e. The first-order valence-electron chi connectivity index (χ1n) is 21.7. The molecule has 0 saturated carbocycles. The van der Waals surface area contributed by atoms with Gasteiger partial charge in [0.1, 0.15) is 47.7 Å². The number of benzene rings is 5. The summed E-state index contributed by atoms with van der Waals surface area (Å²) in [5.74, 6) is -0.0150. The molecule has 0 amide bonds. The molecule has 0 radical (unpaired) electrons. The number of hydrogen-bond acceptors (Lipinski definition) is 23. The second-order valence-electron chi connectivity index (χ2n) is 18.1. The van der Waals surface area contributed by atoms with E-state index in [-0.39, 0.29) is 153 Å². The molecule has 0 spiro atoms. The van der Waals surface area contributed by atoms with Gasteiger partial charge in [0.15, 0.2) is 10.9 Å². The molecule has 31 heteroatoms. The summed E-state index contributed by atoms with van der Waals surface area (Å²) in [6.07, 6.45) is 0. The fourth-order valence-electron chi connectivity index (χ4n) is 8.81. The van der Waals surface area contributed by atoms with Gasteiger partial charge in [0.2, 0.25) is 5.13 Å². The van der Waals surface area contributed by atoms with Crippen LogP contribution in [0.25, 0.3) is 25.6 Å². The molecule has 5 aromatic carbocycles. The molecule has 0 unspecified atom stereocenters. The molecule has 21 nitrogen and oxygen atoms in total. The average molecular weight is 1140 g/mol. The minimum atomic E-state index is -5.09. The molecule has 386 valence electrons. The van der Waals surface area contributed by atoms with Gasteiger partial charge in [0, 0.05) is 16.0 Å². The van der Waals surface area contributed by atoms with E-state index in [1.165, 1.54) is 68.0 Å². The van der Waals surface area contributed by atoms with Gasteiger partial charge in [-0.15, -0.1) is 10.2 Å². The Morgan fingerprint density at radius 2 is 1.31 bits per heavy atom. The molecule has 1 N–H and O–H groups in total. The van der Waals surface area contributed by atoms with Gasteiger partial charge in [0.25, 0.3) is 0 Å². The first kappa shape index (κ1) is 66.6. The van der Waals surface area contributed by atoms with Crippen molar-refractivity contribution >= 4 is 125 Å². The van der Waals surface area contributed by atoms with Crippen molar-refractivity contribution in [3.63, 3.8) is 0 Å². The van der Waals surface area contributed by atoms with Crippen LogP contribution in [-0.2, 0) is 45.1 Å². The normalized spacial score (nSPS) is 12.0. The van der Waals surface area contributed by atoms with Gasteiger partial charge in [0.05, 0.1) is 69.9 Å². The molecule has 0 saturated heterocycles. The molecule has 3 aromatic heterocycles. The third-order valence-corrected chi connectivity index (χ3v) is 17.4. The van der Waals surface area contributed by atoms with E-state index in [9.17, 15) is 49.4 Å². The fourth-order valence-corrected chi connectivity index (χ4v) is 13.7. The Kier molecular flexibility index (Phi) is 21.4. The molecule has 0 aliphatic carbocycles. The number of nitrogens with zero attached hydrogens (tertiary/aromatic N) is 8. The Labute approximate surface area is 510 Å². The molecular weight excluding hydrogens is 1100 g/mol. The quantitative estimate of drug-likeness (QED) is 0.0308. The number of aryl methyl sites for hydroxylation is 5. The Morgan fingerprint density at radius 1 is 0.718 bits per heavy atom. The molecule has 0 bridgehead atoms. The summed E-state index contributed by atoms with van der Waals surface area (Å²) in [4.78, 5) is 10.2. The Balaban J connectivity index is 0.00000328. The summed E-state index contributed by atoms with van der Waals surface area (Å²) in [6.45, 7) is 16.6. The van der Waals surface area contributed by atoms with Crippen molar-refractivity contribution in [2.45, 2.75) is 94.2 Å². The average Bonchev–Trinajstić information content (AvgIpc) is 4.01. The maximum absolute atomic E-state index is 12.9. The van der Waals surface area contributed by atoms with E-state index in [2.05, 4.69) is 20.8 Å². The smallest absolute Gasteiger partial charge is 0.744 e. The monoisotopic (exact) mass is 1140 g/mol. The number of rotatable bonds is 14. The Bertz CT molecular complexity index is 4090. The number of fused-ring (bicyclic) bond motifs is 2. The van der Waals surface area contributed by atoms with E-state index < -0.39 is 50.5 Å². The summed E-state index contributed by atoms with van der Waals surface area (Å²) in [5, 5.41) is 42.8. The number of thiazole rings is 2. The summed E-state index contributed by atoms with van der Waals surface area (Å²) < 4.78 is 120. The summed E-state index contributed by atoms with van der Waals surface area (Å²) >= 11 is 2.85.